The molecule has 0 N–H and O–H groups in total. The molecule has 9 nitrogen and oxygen atoms in total. The highest BCUT2D eigenvalue weighted by Gasteiger charge is 2.35. The minimum absolute atomic E-state index is 0.0303. The zero-order valence-electron chi connectivity index (χ0n) is 19.4. The Balaban J connectivity index is 1.39. The van der Waals surface area contributed by atoms with Crippen LogP contribution in [0.15, 0.2) is 31.0 Å². The maximum atomic E-state index is 14.8. The molecule has 4 aromatic rings. The van der Waals surface area contributed by atoms with Crippen molar-refractivity contribution in [3.63, 3.8) is 0 Å². The first-order chi connectivity index (χ1) is 17.7. The number of aromatic nitrogens is 7. The van der Waals surface area contributed by atoms with Crippen LogP contribution in [0.2, 0.25) is 5.02 Å². The average Bonchev–Trinajstić information content (AvgIpc) is 3.64. The summed E-state index contributed by atoms with van der Waals surface area (Å²) in [5.41, 5.74) is 0.136. The van der Waals surface area contributed by atoms with E-state index in [9.17, 15) is 17.6 Å². The van der Waals surface area contributed by atoms with Crippen LogP contribution in [0, 0.1) is 5.82 Å². The van der Waals surface area contributed by atoms with E-state index in [0.29, 0.717) is 17.0 Å². The van der Waals surface area contributed by atoms with Crippen LogP contribution < -0.4 is 9.47 Å². The van der Waals surface area contributed by atoms with Crippen LogP contribution in [0.1, 0.15) is 35.7 Å². The normalized spacial score (nSPS) is 13.6. The van der Waals surface area contributed by atoms with Crippen LogP contribution in [-0.2, 0) is 19.8 Å². The Morgan fingerprint density at radius 3 is 2.51 bits per heavy atom. The van der Waals surface area contributed by atoms with Crippen LogP contribution in [0.4, 0.5) is 17.6 Å². The largest absolute Gasteiger partial charge is 0.480 e. The van der Waals surface area contributed by atoms with Gasteiger partial charge in [-0.1, -0.05) is 11.6 Å². The summed E-state index contributed by atoms with van der Waals surface area (Å²) in [5.74, 6) is -0.259. The van der Waals surface area contributed by atoms with Gasteiger partial charge in [-0.05, 0) is 18.9 Å². The van der Waals surface area contributed by atoms with Crippen LogP contribution in [0.5, 0.6) is 11.8 Å². The van der Waals surface area contributed by atoms with Gasteiger partial charge in [-0.25, -0.2) is 29.3 Å². The first-order valence-corrected chi connectivity index (χ1v) is 11.3. The number of rotatable bonds is 7. The van der Waals surface area contributed by atoms with E-state index in [0.717, 1.165) is 35.4 Å². The van der Waals surface area contributed by atoms with Crippen molar-refractivity contribution in [2.24, 2.45) is 7.05 Å². The molecule has 37 heavy (non-hydrogen) atoms. The van der Waals surface area contributed by atoms with E-state index in [1.807, 2.05) is 0 Å². The summed E-state index contributed by atoms with van der Waals surface area (Å²) in [6.07, 6.45) is 2.13. The fraction of sp³-hybridized carbons (Fsp3) is 0.304. The fourth-order valence-electron chi connectivity index (χ4n) is 3.68. The van der Waals surface area contributed by atoms with Gasteiger partial charge in [-0.3, -0.25) is 0 Å². The maximum Gasteiger partial charge on any atom is 0.434 e. The van der Waals surface area contributed by atoms with Gasteiger partial charge in [0.15, 0.2) is 23.2 Å². The highest BCUT2D eigenvalue weighted by atomic mass is 35.5. The minimum atomic E-state index is -4.66. The quantitative estimate of drug-likeness (QED) is 0.305. The number of imidazole rings is 1. The van der Waals surface area contributed by atoms with Crippen molar-refractivity contribution in [1.82, 2.24) is 34.5 Å². The van der Waals surface area contributed by atoms with E-state index in [2.05, 4.69) is 29.9 Å². The van der Waals surface area contributed by atoms with Crippen molar-refractivity contribution in [3.8, 4) is 34.7 Å². The predicted octanol–water partition coefficient (Wildman–Crippen LogP) is 5.01. The lowest BCUT2D eigenvalue weighted by Gasteiger charge is -2.12. The molecule has 1 fully saturated rings. The van der Waals surface area contributed by atoms with Crippen LogP contribution in [-0.4, -0.2) is 41.6 Å². The molecule has 0 spiro atoms. The Kier molecular flexibility index (Phi) is 6.40. The summed E-state index contributed by atoms with van der Waals surface area (Å²) in [6.45, 7) is -0.174. The molecule has 1 aliphatic rings. The summed E-state index contributed by atoms with van der Waals surface area (Å²) in [4.78, 5) is 24.6. The van der Waals surface area contributed by atoms with Gasteiger partial charge < -0.3 is 14.0 Å². The molecule has 5 rings (SSSR count). The topological polar surface area (TPSA) is 101 Å². The Hall–Kier alpha value is -3.87. The molecule has 0 radical (unpaired) electrons. The Morgan fingerprint density at radius 1 is 1.08 bits per heavy atom. The number of hydrogen-bond acceptors (Lipinski definition) is 8. The molecular formula is C23H18ClF4N7O2. The molecular weight excluding hydrogens is 518 g/mol. The van der Waals surface area contributed by atoms with Crippen molar-refractivity contribution in [2.45, 2.75) is 31.5 Å². The molecule has 0 saturated heterocycles. The molecule has 1 saturated carbocycles. The van der Waals surface area contributed by atoms with E-state index >= 15 is 0 Å². The average molecular weight is 536 g/mol. The molecule has 0 amide bonds. The third-order valence-corrected chi connectivity index (χ3v) is 5.85. The molecule has 14 heteroatoms. The van der Waals surface area contributed by atoms with E-state index in [1.54, 1.807) is 0 Å². The lowest BCUT2D eigenvalue weighted by molar-refractivity contribution is -0.140. The second kappa shape index (κ2) is 9.54. The van der Waals surface area contributed by atoms with Gasteiger partial charge in [-0.2, -0.15) is 18.2 Å². The number of nitrogens with zero attached hydrogens (tertiary/aromatic N) is 7. The number of hydrogen-bond donors (Lipinski definition) is 0. The molecule has 0 unspecified atom stereocenters. The number of methoxy groups -OCH3 is 1. The van der Waals surface area contributed by atoms with Crippen molar-refractivity contribution < 1.29 is 27.0 Å². The number of aryl methyl sites for hydroxylation is 1. The van der Waals surface area contributed by atoms with Gasteiger partial charge in [0.05, 0.1) is 19.0 Å². The highest BCUT2D eigenvalue weighted by molar-refractivity contribution is 6.31. The van der Waals surface area contributed by atoms with Gasteiger partial charge in [0.25, 0.3) is 0 Å². The molecule has 1 aliphatic carbocycles. The van der Waals surface area contributed by atoms with Crippen LogP contribution in [0.3, 0.4) is 0 Å². The number of alkyl halides is 3. The van der Waals surface area contributed by atoms with Crippen LogP contribution >= 0.6 is 11.6 Å². The first-order valence-electron chi connectivity index (χ1n) is 11.0. The van der Waals surface area contributed by atoms with Gasteiger partial charge in [0, 0.05) is 30.9 Å². The van der Waals surface area contributed by atoms with Crippen molar-refractivity contribution in [2.75, 3.05) is 7.11 Å². The molecule has 4 heterocycles. The lowest BCUT2D eigenvalue weighted by atomic mass is 10.1. The summed E-state index contributed by atoms with van der Waals surface area (Å²) in [5, 5.41) is 0.116. The Labute approximate surface area is 212 Å². The molecule has 4 aromatic heterocycles. The van der Waals surface area contributed by atoms with E-state index in [4.69, 9.17) is 21.1 Å². The second-order valence-corrected chi connectivity index (χ2v) is 8.69. The van der Waals surface area contributed by atoms with E-state index in [-0.39, 0.29) is 40.8 Å². The standard InChI is InChI=1S/C23H18ClF4N7O2/c1-35-8-15(23(26,27)28)33-20(35)18-14(25)5-11(6-29-18)9-37-21-13(24)7-30-19(34-21)16-17(12-3-4-12)31-10-32-22(16)36-2/h5-8,10,12H,3-4,9H2,1-2H3. The molecule has 0 aromatic carbocycles. The third kappa shape index (κ3) is 5.03. The minimum Gasteiger partial charge on any atom is -0.480 e. The SMILES string of the molecule is COc1ncnc(C2CC2)c1-c1ncc(Cl)c(OCc2cnc(-c3nc(C(F)(F)F)cn3C)c(F)c2)n1. The first kappa shape index (κ1) is 24.8. The van der Waals surface area contributed by atoms with Gasteiger partial charge in [0.2, 0.25) is 11.8 Å². The summed E-state index contributed by atoms with van der Waals surface area (Å²) >= 11 is 6.23. The molecule has 192 valence electrons. The number of pyridine rings is 1. The van der Waals surface area contributed by atoms with E-state index in [1.165, 1.54) is 32.9 Å². The Bertz CT molecular complexity index is 1470. The monoisotopic (exact) mass is 535 g/mol. The van der Waals surface area contributed by atoms with Crippen molar-refractivity contribution >= 4 is 11.6 Å². The van der Waals surface area contributed by atoms with Gasteiger partial charge in [0.1, 0.15) is 29.2 Å². The second-order valence-electron chi connectivity index (χ2n) is 8.29. The lowest BCUT2D eigenvalue weighted by Crippen LogP contribution is -2.06. The fourth-order valence-corrected chi connectivity index (χ4v) is 3.83. The molecule has 0 aliphatic heterocycles. The zero-order chi connectivity index (χ0) is 26.3. The summed E-state index contributed by atoms with van der Waals surface area (Å²) in [7, 11) is 2.81. The smallest absolute Gasteiger partial charge is 0.434 e. The maximum absolute atomic E-state index is 14.8. The number of halogens is 5. The van der Waals surface area contributed by atoms with Gasteiger partial charge in [-0.15, -0.1) is 0 Å². The molecule has 0 atom stereocenters. The number of ether oxygens (including phenoxy) is 2. The predicted molar refractivity (Wildman–Crippen MR) is 122 cm³/mol. The molecule has 0 bridgehead atoms. The van der Waals surface area contributed by atoms with Crippen molar-refractivity contribution in [1.29, 1.82) is 0 Å². The third-order valence-electron chi connectivity index (χ3n) is 5.59. The van der Waals surface area contributed by atoms with E-state index < -0.39 is 17.7 Å². The van der Waals surface area contributed by atoms with Crippen LogP contribution in [0.25, 0.3) is 22.9 Å². The summed E-state index contributed by atoms with van der Waals surface area (Å²) in [6, 6.07) is 1.10. The zero-order valence-corrected chi connectivity index (χ0v) is 20.2. The van der Waals surface area contributed by atoms with Gasteiger partial charge >= 0.3 is 6.18 Å². The Morgan fingerprint density at radius 2 is 1.86 bits per heavy atom. The summed E-state index contributed by atoms with van der Waals surface area (Å²) < 4.78 is 65.8. The highest BCUT2D eigenvalue weighted by Crippen LogP contribution is 2.45. The van der Waals surface area contributed by atoms with Crippen molar-refractivity contribution in [3.05, 3.63) is 58.8 Å².